The molecule has 2 rings (SSSR count). The summed E-state index contributed by atoms with van der Waals surface area (Å²) in [5.41, 5.74) is -0.196. The molecule has 0 aliphatic carbocycles. The topological polar surface area (TPSA) is 61.4 Å². The largest absolute Gasteiger partial charge is 0.353 e. The first-order valence-corrected chi connectivity index (χ1v) is 8.39. The SMILES string of the molecule is CC(C)(C)CN1CCNC(=O)C1CC(=O)NCc1c(F)cccc1F. The minimum Gasteiger partial charge on any atom is -0.353 e. The number of amides is 2. The summed E-state index contributed by atoms with van der Waals surface area (Å²) in [6.45, 7) is 7.86. The van der Waals surface area contributed by atoms with E-state index in [-0.39, 0.29) is 29.9 Å². The molecule has 1 fully saturated rings. The standard InChI is InChI=1S/C18H25F2N3O2/c1-18(2,3)11-23-8-7-21-17(25)15(23)9-16(24)22-10-12-13(19)5-4-6-14(12)20/h4-6,15H,7-11H2,1-3H3,(H,21,25)(H,22,24). The van der Waals surface area contributed by atoms with Crippen molar-refractivity contribution in [1.29, 1.82) is 0 Å². The average Bonchev–Trinajstić information content (AvgIpc) is 2.49. The third-order valence-corrected chi connectivity index (χ3v) is 4.02. The molecule has 1 saturated heterocycles. The van der Waals surface area contributed by atoms with Crippen LogP contribution in [-0.2, 0) is 16.1 Å². The van der Waals surface area contributed by atoms with Gasteiger partial charge in [-0.2, -0.15) is 0 Å². The summed E-state index contributed by atoms with van der Waals surface area (Å²) in [6.07, 6.45) is -0.0437. The van der Waals surface area contributed by atoms with Crippen LogP contribution in [0.2, 0.25) is 0 Å². The van der Waals surface area contributed by atoms with Gasteiger partial charge < -0.3 is 10.6 Å². The minimum absolute atomic E-state index is 0.0113. The van der Waals surface area contributed by atoms with Crippen molar-refractivity contribution in [3.05, 3.63) is 35.4 Å². The van der Waals surface area contributed by atoms with Gasteiger partial charge in [-0.25, -0.2) is 8.78 Å². The Morgan fingerprint density at radius 2 is 1.96 bits per heavy atom. The maximum absolute atomic E-state index is 13.6. The lowest BCUT2D eigenvalue weighted by molar-refractivity contribution is -0.134. The molecule has 1 aliphatic rings. The molecule has 138 valence electrons. The molecule has 0 aromatic heterocycles. The van der Waals surface area contributed by atoms with Crippen LogP contribution in [0.5, 0.6) is 0 Å². The van der Waals surface area contributed by atoms with E-state index in [1.807, 2.05) is 4.90 Å². The molecular formula is C18H25F2N3O2. The van der Waals surface area contributed by atoms with Gasteiger partial charge in [-0.15, -0.1) is 0 Å². The Kier molecular flexibility index (Phi) is 6.11. The summed E-state index contributed by atoms with van der Waals surface area (Å²) >= 11 is 0. The smallest absolute Gasteiger partial charge is 0.237 e. The van der Waals surface area contributed by atoms with Crippen molar-refractivity contribution in [2.75, 3.05) is 19.6 Å². The highest BCUT2D eigenvalue weighted by Crippen LogP contribution is 2.20. The molecule has 1 heterocycles. The van der Waals surface area contributed by atoms with E-state index in [9.17, 15) is 18.4 Å². The van der Waals surface area contributed by atoms with Gasteiger partial charge in [0.05, 0.1) is 12.5 Å². The predicted octanol–water partition coefficient (Wildman–Crippen LogP) is 1.82. The number of carbonyl (C=O) groups excluding carboxylic acids is 2. The first kappa shape index (κ1) is 19.3. The van der Waals surface area contributed by atoms with Crippen LogP contribution in [0.3, 0.4) is 0 Å². The van der Waals surface area contributed by atoms with Gasteiger partial charge in [0, 0.05) is 31.7 Å². The van der Waals surface area contributed by atoms with Crippen LogP contribution >= 0.6 is 0 Å². The second-order valence-electron chi connectivity index (χ2n) is 7.52. The van der Waals surface area contributed by atoms with E-state index in [0.717, 1.165) is 12.1 Å². The Morgan fingerprint density at radius 1 is 1.32 bits per heavy atom. The molecule has 0 spiro atoms. The van der Waals surface area contributed by atoms with Crippen LogP contribution in [0.4, 0.5) is 8.78 Å². The molecule has 2 N–H and O–H groups in total. The van der Waals surface area contributed by atoms with E-state index >= 15 is 0 Å². The molecule has 1 aromatic rings. The Balaban J connectivity index is 1.98. The molecule has 1 unspecified atom stereocenters. The van der Waals surface area contributed by atoms with Gasteiger partial charge in [0.25, 0.3) is 0 Å². The van der Waals surface area contributed by atoms with Crippen molar-refractivity contribution in [2.24, 2.45) is 5.41 Å². The Morgan fingerprint density at radius 3 is 2.56 bits per heavy atom. The van der Waals surface area contributed by atoms with Crippen LogP contribution in [0, 0.1) is 17.0 Å². The molecule has 5 nitrogen and oxygen atoms in total. The Labute approximate surface area is 146 Å². The van der Waals surface area contributed by atoms with E-state index in [4.69, 9.17) is 0 Å². The second kappa shape index (κ2) is 7.91. The zero-order valence-electron chi connectivity index (χ0n) is 14.9. The number of hydrogen-bond acceptors (Lipinski definition) is 3. The monoisotopic (exact) mass is 353 g/mol. The van der Waals surface area contributed by atoms with E-state index in [1.165, 1.54) is 6.07 Å². The van der Waals surface area contributed by atoms with Gasteiger partial charge >= 0.3 is 0 Å². The van der Waals surface area contributed by atoms with Crippen LogP contribution in [0.25, 0.3) is 0 Å². The van der Waals surface area contributed by atoms with E-state index in [0.29, 0.717) is 19.6 Å². The van der Waals surface area contributed by atoms with Crippen molar-refractivity contribution in [3.63, 3.8) is 0 Å². The zero-order valence-corrected chi connectivity index (χ0v) is 14.9. The molecule has 1 atom stereocenters. The maximum Gasteiger partial charge on any atom is 0.237 e. The summed E-state index contributed by atoms with van der Waals surface area (Å²) in [5, 5.41) is 5.27. The number of rotatable bonds is 5. The number of nitrogens with one attached hydrogen (secondary N) is 2. The number of piperazine rings is 1. The van der Waals surface area contributed by atoms with Gasteiger partial charge in [-0.05, 0) is 17.5 Å². The van der Waals surface area contributed by atoms with Crippen molar-refractivity contribution in [1.82, 2.24) is 15.5 Å². The number of benzene rings is 1. The average molecular weight is 353 g/mol. The quantitative estimate of drug-likeness (QED) is 0.849. The molecule has 1 aromatic carbocycles. The molecule has 1 aliphatic heterocycles. The molecule has 0 bridgehead atoms. The van der Waals surface area contributed by atoms with Crippen molar-refractivity contribution in [3.8, 4) is 0 Å². The van der Waals surface area contributed by atoms with Crippen LogP contribution in [0.1, 0.15) is 32.8 Å². The van der Waals surface area contributed by atoms with Crippen molar-refractivity contribution >= 4 is 11.8 Å². The summed E-state index contributed by atoms with van der Waals surface area (Å²) < 4.78 is 27.2. The van der Waals surface area contributed by atoms with Gasteiger partial charge in [0.1, 0.15) is 11.6 Å². The predicted molar refractivity (Wildman–Crippen MR) is 90.6 cm³/mol. The van der Waals surface area contributed by atoms with Crippen LogP contribution in [-0.4, -0.2) is 42.4 Å². The fraction of sp³-hybridized carbons (Fsp3) is 0.556. The van der Waals surface area contributed by atoms with Crippen LogP contribution < -0.4 is 10.6 Å². The minimum atomic E-state index is -0.704. The first-order chi connectivity index (χ1) is 11.7. The van der Waals surface area contributed by atoms with Crippen LogP contribution in [0.15, 0.2) is 18.2 Å². The van der Waals surface area contributed by atoms with Gasteiger partial charge in [0.15, 0.2) is 0 Å². The highest BCUT2D eigenvalue weighted by atomic mass is 19.1. The lowest BCUT2D eigenvalue weighted by atomic mass is 9.94. The lowest BCUT2D eigenvalue weighted by Crippen LogP contribution is -2.58. The third kappa shape index (κ3) is 5.49. The van der Waals surface area contributed by atoms with Gasteiger partial charge in [-0.1, -0.05) is 26.8 Å². The maximum atomic E-state index is 13.6. The fourth-order valence-electron chi connectivity index (χ4n) is 2.92. The Hall–Kier alpha value is -2.02. The number of carbonyl (C=O) groups is 2. The van der Waals surface area contributed by atoms with E-state index in [2.05, 4.69) is 31.4 Å². The molecule has 0 saturated carbocycles. The third-order valence-electron chi connectivity index (χ3n) is 4.02. The summed E-state index contributed by atoms with van der Waals surface area (Å²) in [4.78, 5) is 26.3. The Bertz CT molecular complexity index is 623. The fourth-order valence-corrected chi connectivity index (χ4v) is 2.92. The van der Waals surface area contributed by atoms with E-state index < -0.39 is 23.6 Å². The van der Waals surface area contributed by atoms with Gasteiger partial charge in [-0.3, -0.25) is 14.5 Å². The van der Waals surface area contributed by atoms with Gasteiger partial charge in [0.2, 0.25) is 11.8 Å². The summed E-state index contributed by atoms with van der Waals surface area (Å²) in [6, 6.07) is 2.99. The molecule has 2 amide bonds. The summed E-state index contributed by atoms with van der Waals surface area (Å²) in [5.74, 6) is -2.01. The second-order valence-corrected chi connectivity index (χ2v) is 7.52. The van der Waals surface area contributed by atoms with Crippen molar-refractivity contribution in [2.45, 2.75) is 39.8 Å². The molecular weight excluding hydrogens is 328 g/mol. The normalized spacial score (nSPS) is 18.8. The highest BCUT2D eigenvalue weighted by Gasteiger charge is 2.33. The van der Waals surface area contributed by atoms with Crippen molar-refractivity contribution < 1.29 is 18.4 Å². The first-order valence-electron chi connectivity index (χ1n) is 8.39. The highest BCUT2D eigenvalue weighted by molar-refractivity contribution is 5.88. The number of halogens is 2. The summed E-state index contributed by atoms with van der Waals surface area (Å²) in [7, 11) is 0. The molecule has 25 heavy (non-hydrogen) atoms. The zero-order chi connectivity index (χ0) is 18.6. The molecule has 0 radical (unpaired) electrons. The number of nitrogens with zero attached hydrogens (tertiary/aromatic N) is 1. The number of hydrogen-bond donors (Lipinski definition) is 2. The molecule has 7 heteroatoms. The van der Waals surface area contributed by atoms with E-state index in [1.54, 1.807) is 0 Å². The lowest BCUT2D eigenvalue weighted by Gasteiger charge is -2.38.